The Morgan fingerprint density at radius 2 is 2.00 bits per heavy atom. The molecule has 3 amide bonds. The maximum Gasteiger partial charge on any atom is 0.327 e. The Labute approximate surface area is 84.9 Å². The molecule has 4 heteroatoms. The number of carbonyl (C=O) groups excluding carboxylic acids is 2. The van der Waals surface area contributed by atoms with Gasteiger partial charge >= 0.3 is 6.03 Å². The van der Waals surface area contributed by atoms with Crippen LogP contribution in [-0.2, 0) is 4.79 Å². The van der Waals surface area contributed by atoms with E-state index in [9.17, 15) is 9.59 Å². The zero-order chi connectivity index (χ0) is 10.9. The molecule has 0 N–H and O–H groups in total. The number of imide groups is 1. The van der Waals surface area contributed by atoms with Crippen LogP contribution in [0.5, 0.6) is 0 Å². The standard InChI is InChI=1S/C10H18N2O2/c1-5-11-8(4)6-9(13)12(7(2)3)10(11)14/h7-8H,5-6H2,1-4H3. The molecule has 1 atom stereocenters. The van der Waals surface area contributed by atoms with E-state index in [2.05, 4.69) is 0 Å². The van der Waals surface area contributed by atoms with E-state index < -0.39 is 0 Å². The van der Waals surface area contributed by atoms with Crippen molar-refractivity contribution < 1.29 is 9.59 Å². The van der Waals surface area contributed by atoms with E-state index in [0.717, 1.165) is 0 Å². The summed E-state index contributed by atoms with van der Waals surface area (Å²) in [6, 6.07) is -0.155. The minimum Gasteiger partial charge on any atom is -0.321 e. The highest BCUT2D eigenvalue weighted by Gasteiger charge is 2.36. The lowest BCUT2D eigenvalue weighted by molar-refractivity contribution is -0.133. The van der Waals surface area contributed by atoms with E-state index in [4.69, 9.17) is 0 Å². The molecule has 0 aromatic rings. The molecular weight excluding hydrogens is 180 g/mol. The molecule has 1 aliphatic rings. The molecule has 1 rings (SSSR count). The average Bonchev–Trinajstić information content (AvgIpc) is 2.02. The molecule has 1 unspecified atom stereocenters. The molecule has 0 bridgehead atoms. The van der Waals surface area contributed by atoms with Gasteiger partial charge in [-0.15, -0.1) is 0 Å². The molecule has 1 saturated heterocycles. The summed E-state index contributed by atoms with van der Waals surface area (Å²) in [4.78, 5) is 26.5. The highest BCUT2D eigenvalue weighted by atomic mass is 16.2. The van der Waals surface area contributed by atoms with Crippen LogP contribution < -0.4 is 0 Å². The predicted octanol–water partition coefficient (Wildman–Crippen LogP) is 1.46. The van der Waals surface area contributed by atoms with E-state index in [-0.39, 0.29) is 24.0 Å². The fourth-order valence-electron chi connectivity index (χ4n) is 1.85. The van der Waals surface area contributed by atoms with Crippen LogP contribution in [0.2, 0.25) is 0 Å². The molecule has 1 fully saturated rings. The van der Waals surface area contributed by atoms with Crippen LogP contribution in [-0.4, -0.2) is 40.4 Å². The summed E-state index contributed by atoms with van der Waals surface area (Å²) in [5.74, 6) is -0.0535. The highest BCUT2D eigenvalue weighted by Crippen LogP contribution is 2.18. The van der Waals surface area contributed by atoms with Gasteiger partial charge < -0.3 is 4.90 Å². The van der Waals surface area contributed by atoms with Crippen LogP contribution in [0.25, 0.3) is 0 Å². The van der Waals surface area contributed by atoms with Gasteiger partial charge in [0, 0.05) is 25.0 Å². The molecule has 80 valence electrons. The van der Waals surface area contributed by atoms with Crippen molar-refractivity contribution in [2.24, 2.45) is 0 Å². The Bertz CT molecular complexity index is 251. The van der Waals surface area contributed by atoms with Gasteiger partial charge in [0.2, 0.25) is 5.91 Å². The van der Waals surface area contributed by atoms with Gasteiger partial charge in [0.05, 0.1) is 0 Å². The highest BCUT2D eigenvalue weighted by molar-refractivity contribution is 5.97. The Morgan fingerprint density at radius 1 is 1.43 bits per heavy atom. The molecule has 0 radical (unpaired) electrons. The third-order valence-corrected chi connectivity index (χ3v) is 2.58. The first-order valence-corrected chi connectivity index (χ1v) is 5.11. The maximum atomic E-state index is 11.8. The van der Waals surface area contributed by atoms with Gasteiger partial charge in [0.1, 0.15) is 0 Å². The third kappa shape index (κ3) is 1.74. The van der Waals surface area contributed by atoms with E-state index in [1.165, 1.54) is 4.90 Å². The minimum absolute atomic E-state index is 0.0370. The van der Waals surface area contributed by atoms with Gasteiger partial charge in [-0.25, -0.2) is 4.79 Å². The topological polar surface area (TPSA) is 40.6 Å². The van der Waals surface area contributed by atoms with Crippen molar-refractivity contribution >= 4 is 11.9 Å². The first kappa shape index (κ1) is 11.0. The fraction of sp³-hybridized carbons (Fsp3) is 0.800. The second-order valence-corrected chi connectivity index (χ2v) is 3.98. The largest absolute Gasteiger partial charge is 0.327 e. The maximum absolute atomic E-state index is 11.8. The lowest BCUT2D eigenvalue weighted by Crippen LogP contribution is -2.57. The molecule has 1 heterocycles. The van der Waals surface area contributed by atoms with Crippen LogP contribution in [0.3, 0.4) is 0 Å². The number of rotatable bonds is 2. The molecule has 0 aliphatic carbocycles. The molecule has 1 aliphatic heterocycles. The Balaban J connectivity index is 2.88. The van der Waals surface area contributed by atoms with Crippen molar-refractivity contribution in [2.45, 2.75) is 46.2 Å². The lowest BCUT2D eigenvalue weighted by atomic mass is 10.1. The SMILES string of the molecule is CCN1C(=O)N(C(C)C)C(=O)CC1C. The third-order valence-electron chi connectivity index (χ3n) is 2.58. The fourth-order valence-corrected chi connectivity index (χ4v) is 1.85. The molecule has 0 aromatic carbocycles. The first-order chi connectivity index (χ1) is 6.49. The summed E-state index contributed by atoms with van der Waals surface area (Å²) >= 11 is 0. The van der Waals surface area contributed by atoms with Gasteiger partial charge in [0.25, 0.3) is 0 Å². The zero-order valence-electron chi connectivity index (χ0n) is 9.28. The van der Waals surface area contributed by atoms with Crippen LogP contribution >= 0.6 is 0 Å². The second-order valence-electron chi connectivity index (χ2n) is 3.98. The second kappa shape index (κ2) is 3.98. The molecular formula is C10H18N2O2. The molecule has 4 nitrogen and oxygen atoms in total. The van der Waals surface area contributed by atoms with Crippen LogP contribution in [0.4, 0.5) is 4.79 Å². The summed E-state index contributed by atoms with van der Waals surface area (Å²) < 4.78 is 0. The number of amides is 3. The zero-order valence-corrected chi connectivity index (χ0v) is 9.28. The van der Waals surface area contributed by atoms with Crippen molar-refractivity contribution in [3.63, 3.8) is 0 Å². The van der Waals surface area contributed by atoms with Crippen molar-refractivity contribution in [3.05, 3.63) is 0 Å². The first-order valence-electron chi connectivity index (χ1n) is 5.11. The van der Waals surface area contributed by atoms with E-state index >= 15 is 0 Å². The quantitative estimate of drug-likeness (QED) is 0.674. The van der Waals surface area contributed by atoms with Crippen LogP contribution in [0, 0.1) is 0 Å². The summed E-state index contributed by atoms with van der Waals surface area (Å²) in [6.07, 6.45) is 0.442. The van der Waals surface area contributed by atoms with Crippen LogP contribution in [0.15, 0.2) is 0 Å². The van der Waals surface area contributed by atoms with Crippen LogP contribution in [0.1, 0.15) is 34.1 Å². The minimum atomic E-state index is -0.147. The molecule has 0 saturated carbocycles. The van der Waals surface area contributed by atoms with Gasteiger partial charge in [-0.05, 0) is 27.7 Å². The van der Waals surface area contributed by atoms with Crippen molar-refractivity contribution in [1.29, 1.82) is 0 Å². The van der Waals surface area contributed by atoms with Crippen molar-refractivity contribution in [1.82, 2.24) is 9.80 Å². The number of urea groups is 1. The normalized spacial score (nSPS) is 23.6. The van der Waals surface area contributed by atoms with E-state index in [0.29, 0.717) is 13.0 Å². The monoisotopic (exact) mass is 198 g/mol. The summed E-state index contributed by atoms with van der Waals surface area (Å²) in [5, 5.41) is 0. The smallest absolute Gasteiger partial charge is 0.321 e. The number of hydrogen-bond donors (Lipinski definition) is 0. The Kier molecular flexibility index (Phi) is 3.13. The molecule has 14 heavy (non-hydrogen) atoms. The Morgan fingerprint density at radius 3 is 2.43 bits per heavy atom. The lowest BCUT2D eigenvalue weighted by Gasteiger charge is -2.39. The van der Waals surface area contributed by atoms with Gasteiger partial charge in [0.15, 0.2) is 0 Å². The van der Waals surface area contributed by atoms with E-state index in [1.807, 2.05) is 27.7 Å². The summed E-state index contributed by atoms with van der Waals surface area (Å²) in [6.45, 7) is 8.23. The number of nitrogens with zero attached hydrogens (tertiary/aromatic N) is 2. The Hall–Kier alpha value is -1.06. The predicted molar refractivity (Wildman–Crippen MR) is 53.8 cm³/mol. The van der Waals surface area contributed by atoms with E-state index in [1.54, 1.807) is 4.90 Å². The van der Waals surface area contributed by atoms with Crippen molar-refractivity contribution in [2.75, 3.05) is 6.54 Å². The van der Waals surface area contributed by atoms with Crippen molar-refractivity contribution in [3.8, 4) is 0 Å². The summed E-state index contributed by atoms with van der Waals surface area (Å²) in [5.41, 5.74) is 0. The number of hydrogen-bond acceptors (Lipinski definition) is 2. The molecule has 0 spiro atoms. The van der Waals surface area contributed by atoms with Gasteiger partial charge in [-0.3, -0.25) is 9.69 Å². The van der Waals surface area contributed by atoms with Gasteiger partial charge in [-0.2, -0.15) is 0 Å². The van der Waals surface area contributed by atoms with Gasteiger partial charge in [-0.1, -0.05) is 0 Å². The molecule has 0 aromatic heterocycles. The number of carbonyl (C=O) groups is 2. The summed E-state index contributed by atoms with van der Waals surface area (Å²) in [7, 11) is 0. The average molecular weight is 198 g/mol.